The fourth-order valence-corrected chi connectivity index (χ4v) is 1.91. The lowest BCUT2D eigenvalue weighted by Gasteiger charge is -2.25. The van der Waals surface area contributed by atoms with E-state index in [2.05, 4.69) is 32.2 Å². The first-order valence-corrected chi connectivity index (χ1v) is 5.75. The van der Waals surface area contributed by atoms with Gasteiger partial charge < -0.3 is 9.73 Å². The molecule has 86 valence electrons. The van der Waals surface area contributed by atoms with E-state index in [4.69, 9.17) is 4.42 Å². The standard InChI is InChI=1S/C13H23NO/c1-6-7-13(4,5)14-9-12-8-10(2)15-11(12)3/h8,14H,6-7,9H2,1-5H3. The molecule has 0 saturated heterocycles. The van der Waals surface area contributed by atoms with Gasteiger partial charge in [-0.1, -0.05) is 13.3 Å². The summed E-state index contributed by atoms with van der Waals surface area (Å²) >= 11 is 0. The summed E-state index contributed by atoms with van der Waals surface area (Å²) < 4.78 is 5.50. The summed E-state index contributed by atoms with van der Waals surface area (Å²) in [4.78, 5) is 0. The average Bonchev–Trinajstić information content (AvgIpc) is 2.42. The summed E-state index contributed by atoms with van der Waals surface area (Å²) in [6.07, 6.45) is 2.41. The predicted molar refractivity (Wildman–Crippen MR) is 64.0 cm³/mol. The van der Waals surface area contributed by atoms with Crippen LogP contribution in [-0.2, 0) is 6.54 Å². The van der Waals surface area contributed by atoms with Crippen molar-refractivity contribution < 1.29 is 4.42 Å². The van der Waals surface area contributed by atoms with Gasteiger partial charge in [-0.25, -0.2) is 0 Å². The highest BCUT2D eigenvalue weighted by molar-refractivity contribution is 5.20. The van der Waals surface area contributed by atoms with Crippen LogP contribution in [0.1, 0.15) is 50.7 Å². The number of hydrogen-bond acceptors (Lipinski definition) is 2. The summed E-state index contributed by atoms with van der Waals surface area (Å²) in [5, 5.41) is 3.57. The number of hydrogen-bond donors (Lipinski definition) is 1. The molecule has 0 aliphatic rings. The fourth-order valence-electron chi connectivity index (χ4n) is 1.91. The van der Waals surface area contributed by atoms with Gasteiger partial charge in [-0.05, 0) is 40.2 Å². The van der Waals surface area contributed by atoms with E-state index in [1.807, 2.05) is 13.8 Å². The van der Waals surface area contributed by atoms with E-state index in [-0.39, 0.29) is 5.54 Å². The van der Waals surface area contributed by atoms with Crippen molar-refractivity contribution in [1.29, 1.82) is 0 Å². The summed E-state index contributed by atoms with van der Waals surface area (Å²) in [6.45, 7) is 11.6. The van der Waals surface area contributed by atoms with Crippen molar-refractivity contribution in [3.63, 3.8) is 0 Å². The van der Waals surface area contributed by atoms with Crippen LogP contribution in [-0.4, -0.2) is 5.54 Å². The molecule has 1 N–H and O–H groups in total. The van der Waals surface area contributed by atoms with E-state index < -0.39 is 0 Å². The highest BCUT2D eigenvalue weighted by Crippen LogP contribution is 2.16. The smallest absolute Gasteiger partial charge is 0.105 e. The Morgan fingerprint density at radius 3 is 2.47 bits per heavy atom. The average molecular weight is 209 g/mol. The van der Waals surface area contributed by atoms with Crippen molar-refractivity contribution in [2.24, 2.45) is 0 Å². The highest BCUT2D eigenvalue weighted by Gasteiger charge is 2.16. The fraction of sp³-hybridized carbons (Fsp3) is 0.692. The number of rotatable bonds is 5. The van der Waals surface area contributed by atoms with E-state index in [0.29, 0.717) is 0 Å². The third kappa shape index (κ3) is 3.71. The molecule has 0 aliphatic carbocycles. The van der Waals surface area contributed by atoms with Gasteiger partial charge in [0.25, 0.3) is 0 Å². The Labute approximate surface area is 93.1 Å². The van der Waals surface area contributed by atoms with E-state index in [1.165, 1.54) is 18.4 Å². The molecular formula is C13H23NO. The summed E-state index contributed by atoms with van der Waals surface area (Å²) in [5.41, 5.74) is 1.49. The normalized spacial score (nSPS) is 12.1. The van der Waals surface area contributed by atoms with Gasteiger partial charge >= 0.3 is 0 Å². The minimum atomic E-state index is 0.215. The summed E-state index contributed by atoms with van der Waals surface area (Å²) in [5.74, 6) is 2.03. The molecule has 1 aromatic heterocycles. The number of aryl methyl sites for hydroxylation is 2. The largest absolute Gasteiger partial charge is 0.466 e. The Morgan fingerprint density at radius 1 is 1.33 bits per heavy atom. The zero-order chi connectivity index (χ0) is 11.5. The molecule has 2 nitrogen and oxygen atoms in total. The minimum absolute atomic E-state index is 0.215. The van der Waals surface area contributed by atoms with Crippen molar-refractivity contribution in [2.75, 3.05) is 0 Å². The first-order valence-electron chi connectivity index (χ1n) is 5.75. The van der Waals surface area contributed by atoms with Gasteiger partial charge in [0, 0.05) is 17.6 Å². The van der Waals surface area contributed by atoms with Crippen LogP contribution in [0.25, 0.3) is 0 Å². The van der Waals surface area contributed by atoms with Gasteiger partial charge in [-0.3, -0.25) is 0 Å². The van der Waals surface area contributed by atoms with Gasteiger partial charge in [-0.15, -0.1) is 0 Å². The zero-order valence-corrected chi connectivity index (χ0v) is 10.6. The van der Waals surface area contributed by atoms with Crippen LogP contribution in [0.2, 0.25) is 0 Å². The lowest BCUT2D eigenvalue weighted by atomic mass is 9.98. The van der Waals surface area contributed by atoms with Crippen LogP contribution in [0.3, 0.4) is 0 Å². The first-order chi connectivity index (χ1) is 6.94. The Kier molecular flexibility index (Phi) is 3.97. The van der Waals surface area contributed by atoms with Gasteiger partial charge in [0.2, 0.25) is 0 Å². The maximum atomic E-state index is 5.50. The molecule has 0 unspecified atom stereocenters. The molecule has 1 rings (SSSR count). The molecular weight excluding hydrogens is 186 g/mol. The Hall–Kier alpha value is -0.760. The van der Waals surface area contributed by atoms with E-state index in [9.17, 15) is 0 Å². The van der Waals surface area contributed by atoms with Gasteiger partial charge in [-0.2, -0.15) is 0 Å². The molecule has 0 aliphatic heterocycles. The predicted octanol–water partition coefficient (Wildman–Crippen LogP) is 3.56. The lowest BCUT2D eigenvalue weighted by molar-refractivity contribution is 0.355. The van der Waals surface area contributed by atoms with Crippen LogP contribution in [0, 0.1) is 13.8 Å². The molecule has 0 fully saturated rings. The monoisotopic (exact) mass is 209 g/mol. The second-order valence-electron chi connectivity index (χ2n) is 4.93. The van der Waals surface area contributed by atoms with E-state index in [0.717, 1.165) is 18.1 Å². The highest BCUT2D eigenvalue weighted by atomic mass is 16.3. The molecule has 1 aromatic rings. The van der Waals surface area contributed by atoms with Crippen LogP contribution < -0.4 is 5.32 Å². The Balaban J connectivity index is 2.53. The molecule has 15 heavy (non-hydrogen) atoms. The molecule has 0 aromatic carbocycles. The van der Waals surface area contributed by atoms with E-state index >= 15 is 0 Å². The molecule has 2 heteroatoms. The molecule has 0 amide bonds. The van der Waals surface area contributed by atoms with Gasteiger partial charge in [0.05, 0.1) is 0 Å². The summed E-state index contributed by atoms with van der Waals surface area (Å²) in [6, 6.07) is 2.12. The summed E-state index contributed by atoms with van der Waals surface area (Å²) in [7, 11) is 0. The Bertz CT molecular complexity index is 312. The SMILES string of the molecule is CCCC(C)(C)NCc1cc(C)oc1C. The van der Waals surface area contributed by atoms with Crippen molar-refractivity contribution in [3.8, 4) is 0 Å². The maximum absolute atomic E-state index is 5.50. The van der Waals surface area contributed by atoms with Crippen LogP contribution in [0.15, 0.2) is 10.5 Å². The van der Waals surface area contributed by atoms with Gasteiger partial charge in [0.1, 0.15) is 11.5 Å². The minimum Gasteiger partial charge on any atom is -0.466 e. The molecule has 0 spiro atoms. The van der Waals surface area contributed by atoms with Crippen molar-refractivity contribution in [2.45, 2.75) is 59.5 Å². The second-order valence-corrected chi connectivity index (χ2v) is 4.93. The van der Waals surface area contributed by atoms with Crippen LogP contribution in [0.4, 0.5) is 0 Å². The maximum Gasteiger partial charge on any atom is 0.105 e. The third-order valence-corrected chi connectivity index (χ3v) is 2.78. The lowest BCUT2D eigenvalue weighted by Crippen LogP contribution is -2.38. The van der Waals surface area contributed by atoms with Crippen molar-refractivity contribution >= 4 is 0 Å². The van der Waals surface area contributed by atoms with Crippen molar-refractivity contribution in [3.05, 3.63) is 23.2 Å². The van der Waals surface area contributed by atoms with Crippen LogP contribution in [0.5, 0.6) is 0 Å². The molecule has 0 radical (unpaired) electrons. The first kappa shape index (κ1) is 12.3. The van der Waals surface area contributed by atoms with E-state index in [1.54, 1.807) is 0 Å². The second kappa shape index (κ2) is 4.84. The quantitative estimate of drug-likeness (QED) is 0.802. The Morgan fingerprint density at radius 2 is 2.00 bits per heavy atom. The molecule has 1 heterocycles. The molecule has 0 saturated carbocycles. The third-order valence-electron chi connectivity index (χ3n) is 2.78. The molecule has 0 bridgehead atoms. The van der Waals surface area contributed by atoms with Gasteiger partial charge in [0.15, 0.2) is 0 Å². The van der Waals surface area contributed by atoms with Crippen molar-refractivity contribution in [1.82, 2.24) is 5.32 Å². The van der Waals surface area contributed by atoms with Crippen LogP contribution >= 0.6 is 0 Å². The number of nitrogens with one attached hydrogen (secondary N) is 1. The molecule has 0 atom stereocenters. The zero-order valence-electron chi connectivity index (χ0n) is 10.6. The topological polar surface area (TPSA) is 25.2 Å². The number of furan rings is 1.